The molecule has 0 bridgehead atoms. The predicted molar refractivity (Wildman–Crippen MR) is 145 cm³/mol. The van der Waals surface area contributed by atoms with Crippen molar-refractivity contribution in [1.29, 1.82) is 0 Å². The number of esters is 1. The standard InChI is InChI=1S/C27H26N2O8S2/c1-5-37-19(30)13-28-26-23(39-27(28)33)20(14-6-11-17(35-3)18(12-14)36-4)21-22(38-26)25(32)29(24(21)31)15-7-9-16(34-2)10-8-15/h6-12,20-22H,5,13H2,1-4H3/t20-,21?,22?/m1/s1. The molecule has 3 heterocycles. The number of hydrogen-bond acceptors (Lipinski definition) is 10. The summed E-state index contributed by atoms with van der Waals surface area (Å²) in [6, 6.07) is 12.0. The van der Waals surface area contributed by atoms with Crippen LogP contribution in [0, 0.1) is 5.92 Å². The van der Waals surface area contributed by atoms with Crippen LogP contribution in [-0.4, -0.2) is 55.5 Å². The molecule has 39 heavy (non-hydrogen) atoms. The fraction of sp³-hybridized carbons (Fsp3) is 0.333. The van der Waals surface area contributed by atoms with Gasteiger partial charge in [0.05, 0.1) is 44.6 Å². The number of nitrogens with zero attached hydrogens (tertiary/aromatic N) is 2. The number of anilines is 1. The maximum absolute atomic E-state index is 14.0. The van der Waals surface area contributed by atoms with Crippen LogP contribution in [0.1, 0.15) is 23.3 Å². The maximum atomic E-state index is 14.0. The average molecular weight is 571 g/mol. The van der Waals surface area contributed by atoms with Gasteiger partial charge in [-0.3, -0.25) is 23.7 Å². The lowest BCUT2D eigenvalue weighted by molar-refractivity contribution is -0.144. The molecule has 1 aromatic heterocycles. The summed E-state index contributed by atoms with van der Waals surface area (Å²) >= 11 is 2.11. The van der Waals surface area contributed by atoms with E-state index < -0.39 is 29.0 Å². The number of fused-ring (bicyclic) bond motifs is 2. The van der Waals surface area contributed by atoms with Gasteiger partial charge < -0.3 is 18.9 Å². The number of methoxy groups -OCH3 is 3. The van der Waals surface area contributed by atoms with Crippen LogP contribution in [0.15, 0.2) is 52.3 Å². The Labute approximate surface area is 232 Å². The number of amides is 2. The van der Waals surface area contributed by atoms with E-state index in [0.29, 0.717) is 38.4 Å². The van der Waals surface area contributed by atoms with Crippen molar-refractivity contribution in [3.05, 3.63) is 62.6 Å². The van der Waals surface area contributed by atoms with Crippen molar-refractivity contribution in [2.45, 2.75) is 29.7 Å². The van der Waals surface area contributed by atoms with Crippen molar-refractivity contribution >= 4 is 46.6 Å². The van der Waals surface area contributed by atoms with Crippen molar-refractivity contribution in [1.82, 2.24) is 4.57 Å². The van der Waals surface area contributed by atoms with Crippen LogP contribution in [0.25, 0.3) is 0 Å². The quantitative estimate of drug-likeness (QED) is 0.297. The van der Waals surface area contributed by atoms with Gasteiger partial charge in [-0.2, -0.15) is 0 Å². The summed E-state index contributed by atoms with van der Waals surface area (Å²) in [6.07, 6.45) is 0. The van der Waals surface area contributed by atoms with Gasteiger partial charge in [-0.25, -0.2) is 4.90 Å². The highest BCUT2D eigenvalue weighted by Gasteiger charge is 2.57. The van der Waals surface area contributed by atoms with Crippen LogP contribution in [0.2, 0.25) is 0 Å². The Balaban J connectivity index is 1.65. The number of carbonyl (C=O) groups excluding carboxylic acids is 3. The lowest BCUT2D eigenvalue weighted by Crippen LogP contribution is -2.32. The molecule has 12 heteroatoms. The lowest BCUT2D eigenvalue weighted by atomic mass is 9.83. The monoisotopic (exact) mass is 570 g/mol. The molecule has 2 aliphatic rings. The van der Waals surface area contributed by atoms with Crippen molar-refractivity contribution in [3.8, 4) is 17.2 Å². The highest BCUT2D eigenvalue weighted by atomic mass is 32.2. The van der Waals surface area contributed by atoms with Crippen molar-refractivity contribution < 1.29 is 33.3 Å². The molecule has 2 unspecified atom stereocenters. The summed E-state index contributed by atoms with van der Waals surface area (Å²) in [4.78, 5) is 54.6. The van der Waals surface area contributed by atoms with Crippen molar-refractivity contribution in [3.63, 3.8) is 0 Å². The molecule has 2 aliphatic heterocycles. The number of ether oxygens (including phenoxy) is 4. The van der Waals surface area contributed by atoms with Crippen molar-refractivity contribution in [2.24, 2.45) is 5.92 Å². The first-order valence-electron chi connectivity index (χ1n) is 12.1. The number of carbonyl (C=O) groups is 3. The highest BCUT2D eigenvalue weighted by Crippen LogP contribution is 2.54. The summed E-state index contributed by atoms with van der Waals surface area (Å²) in [5.41, 5.74) is 1.12. The van der Waals surface area contributed by atoms with E-state index >= 15 is 0 Å². The normalized spacial score (nSPS) is 19.9. The number of thiazole rings is 1. The number of imide groups is 1. The van der Waals surface area contributed by atoms with Gasteiger partial charge in [0.2, 0.25) is 11.8 Å². The molecule has 0 spiro atoms. The zero-order chi connectivity index (χ0) is 27.8. The molecule has 1 saturated heterocycles. The fourth-order valence-electron chi connectivity index (χ4n) is 4.98. The van der Waals surface area contributed by atoms with E-state index in [2.05, 4.69) is 0 Å². The summed E-state index contributed by atoms with van der Waals surface area (Å²) < 4.78 is 22.5. The first-order valence-corrected chi connectivity index (χ1v) is 13.8. The molecule has 0 radical (unpaired) electrons. The van der Waals surface area contributed by atoms with E-state index in [-0.39, 0.29) is 23.9 Å². The third-order valence-electron chi connectivity index (χ3n) is 6.74. The van der Waals surface area contributed by atoms with Gasteiger partial charge in [-0.05, 0) is 48.9 Å². The average Bonchev–Trinajstić information content (AvgIpc) is 3.39. The number of hydrogen-bond donors (Lipinski definition) is 0. The minimum atomic E-state index is -0.812. The predicted octanol–water partition coefficient (Wildman–Crippen LogP) is 3.29. The molecular formula is C27H26N2O8S2. The third kappa shape index (κ3) is 4.57. The number of rotatable bonds is 8. The van der Waals surface area contributed by atoms with Crippen LogP contribution in [0.5, 0.6) is 17.2 Å². The van der Waals surface area contributed by atoms with Crippen LogP contribution in [0.3, 0.4) is 0 Å². The third-order valence-corrected chi connectivity index (χ3v) is 9.34. The highest BCUT2D eigenvalue weighted by molar-refractivity contribution is 8.00. The second kappa shape index (κ2) is 10.8. The van der Waals surface area contributed by atoms with Gasteiger partial charge >= 0.3 is 10.8 Å². The Morgan fingerprint density at radius 1 is 0.923 bits per heavy atom. The Hall–Kier alpha value is -3.77. The molecule has 3 aromatic rings. The Bertz CT molecular complexity index is 1500. The van der Waals surface area contributed by atoms with E-state index in [9.17, 15) is 19.2 Å². The second-order valence-electron chi connectivity index (χ2n) is 8.79. The van der Waals surface area contributed by atoms with Gasteiger partial charge in [0.1, 0.15) is 17.5 Å². The number of aromatic nitrogens is 1. The van der Waals surface area contributed by atoms with Gasteiger partial charge in [0.15, 0.2) is 11.5 Å². The molecule has 5 rings (SSSR count). The fourth-order valence-corrected chi connectivity index (χ4v) is 7.76. The Morgan fingerprint density at radius 3 is 2.28 bits per heavy atom. The molecule has 0 aliphatic carbocycles. The minimum Gasteiger partial charge on any atom is -0.497 e. The van der Waals surface area contributed by atoms with Crippen LogP contribution < -0.4 is 24.0 Å². The first kappa shape index (κ1) is 26.8. The molecule has 2 aromatic carbocycles. The second-order valence-corrected chi connectivity index (χ2v) is 10.9. The zero-order valence-corrected chi connectivity index (χ0v) is 23.3. The van der Waals surface area contributed by atoms with E-state index in [0.717, 1.165) is 23.1 Å². The summed E-state index contributed by atoms with van der Waals surface area (Å²) in [5, 5.41) is -0.329. The lowest BCUT2D eigenvalue weighted by Gasteiger charge is -2.31. The molecule has 0 saturated carbocycles. The Morgan fingerprint density at radius 2 is 1.64 bits per heavy atom. The number of thioether (sulfide) groups is 1. The van der Waals surface area contributed by atoms with E-state index in [1.165, 1.54) is 30.8 Å². The topological polar surface area (TPSA) is 113 Å². The molecule has 0 N–H and O–H groups in total. The number of benzene rings is 2. The molecule has 2 amide bonds. The summed E-state index contributed by atoms with van der Waals surface area (Å²) in [6.45, 7) is 1.58. The Kier molecular flexibility index (Phi) is 7.41. The van der Waals surface area contributed by atoms with Gasteiger partial charge in [0, 0.05) is 10.8 Å². The molecule has 10 nitrogen and oxygen atoms in total. The van der Waals surface area contributed by atoms with E-state index in [4.69, 9.17) is 18.9 Å². The summed E-state index contributed by atoms with van der Waals surface area (Å²) in [5.74, 6) is -1.18. The van der Waals surface area contributed by atoms with E-state index in [1.54, 1.807) is 49.4 Å². The van der Waals surface area contributed by atoms with Crippen LogP contribution in [0.4, 0.5) is 5.69 Å². The van der Waals surface area contributed by atoms with Crippen LogP contribution >= 0.6 is 23.1 Å². The van der Waals surface area contributed by atoms with E-state index in [1.807, 2.05) is 0 Å². The zero-order valence-electron chi connectivity index (χ0n) is 21.7. The molecule has 3 atom stereocenters. The van der Waals surface area contributed by atoms with Gasteiger partial charge in [0.25, 0.3) is 0 Å². The minimum absolute atomic E-state index is 0.176. The largest absolute Gasteiger partial charge is 0.497 e. The smallest absolute Gasteiger partial charge is 0.326 e. The first-order chi connectivity index (χ1) is 18.8. The molecule has 204 valence electrons. The van der Waals surface area contributed by atoms with Crippen molar-refractivity contribution in [2.75, 3.05) is 32.8 Å². The molecule has 1 fully saturated rings. The van der Waals surface area contributed by atoms with Crippen LogP contribution in [-0.2, 0) is 25.7 Å². The maximum Gasteiger partial charge on any atom is 0.326 e. The summed E-state index contributed by atoms with van der Waals surface area (Å²) in [7, 11) is 4.57. The SMILES string of the molecule is CCOC(=O)Cn1c2c(sc1=O)[C@H](c1ccc(OC)c(OC)c1)C1C(=O)N(c3ccc(OC)cc3)C(=O)C1S2. The van der Waals surface area contributed by atoms with Gasteiger partial charge in [-0.15, -0.1) is 0 Å². The van der Waals surface area contributed by atoms with Gasteiger partial charge in [-0.1, -0.05) is 29.2 Å². The molecular weight excluding hydrogens is 544 g/mol.